The molecule has 2 saturated carbocycles. The lowest BCUT2D eigenvalue weighted by molar-refractivity contribution is -0.124. The number of anilines is 1. The molecule has 0 aromatic carbocycles. The van der Waals surface area contributed by atoms with Gasteiger partial charge in [0, 0.05) is 36.6 Å². The van der Waals surface area contributed by atoms with E-state index in [1.807, 2.05) is 31.7 Å². The molecule has 0 bridgehead atoms. The second kappa shape index (κ2) is 12.6. The van der Waals surface area contributed by atoms with Crippen LogP contribution < -0.4 is 15.2 Å². The molecule has 0 spiro atoms. The zero-order valence-corrected chi connectivity index (χ0v) is 25.3. The highest BCUT2D eigenvalue weighted by atomic mass is 32.1. The molecule has 8 nitrogen and oxygen atoms in total. The number of hydrogen-bond acceptors (Lipinski definition) is 7. The molecular weight excluding hydrogens is 526 g/mol. The zero-order chi connectivity index (χ0) is 29.0. The van der Waals surface area contributed by atoms with Crippen molar-refractivity contribution in [1.82, 2.24) is 9.78 Å². The van der Waals surface area contributed by atoms with Gasteiger partial charge < -0.3 is 14.4 Å². The fourth-order valence-electron chi connectivity index (χ4n) is 5.44. The van der Waals surface area contributed by atoms with Gasteiger partial charge in [-0.3, -0.25) is 9.59 Å². The Morgan fingerprint density at radius 1 is 1.07 bits per heavy atom. The van der Waals surface area contributed by atoms with Crippen molar-refractivity contribution in [3.63, 3.8) is 0 Å². The minimum atomic E-state index is -0.448. The van der Waals surface area contributed by atoms with Crippen LogP contribution in [0.25, 0.3) is 0 Å². The van der Waals surface area contributed by atoms with Crippen LogP contribution in [0.2, 0.25) is 0 Å². The van der Waals surface area contributed by atoms with E-state index in [1.165, 1.54) is 29.2 Å². The van der Waals surface area contributed by atoms with Gasteiger partial charge in [0.1, 0.15) is 11.0 Å². The molecule has 2 aromatic heterocycles. The SMILES string of the molecule is COC(=O)c1sc(C#CC(C)(C)C)cc1N(C(=O)[C@H]1CC[C@H](C)CC1)[C@H]1CC[C@H](Oc2ccc(=O)n(C)n2)CC1. The molecular formula is C31H41N3O5S. The molecule has 216 valence electrons. The zero-order valence-electron chi connectivity index (χ0n) is 24.5. The first-order valence-corrected chi connectivity index (χ1v) is 15.1. The third-order valence-corrected chi connectivity index (χ3v) is 8.76. The van der Waals surface area contributed by atoms with E-state index in [9.17, 15) is 14.4 Å². The Morgan fingerprint density at radius 2 is 1.75 bits per heavy atom. The first-order valence-electron chi connectivity index (χ1n) is 14.2. The third-order valence-electron chi connectivity index (χ3n) is 7.74. The smallest absolute Gasteiger partial charge is 0.350 e. The fraction of sp³-hybridized carbons (Fsp3) is 0.613. The highest BCUT2D eigenvalue weighted by Gasteiger charge is 2.38. The van der Waals surface area contributed by atoms with Crippen LogP contribution in [0.5, 0.6) is 5.88 Å². The predicted octanol–water partition coefficient (Wildman–Crippen LogP) is 5.58. The Hall–Kier alpha value is -3.12. The molecule has 2 aromatic rings. The van der Waals surface area contributed by atoms with Gasteiger partial charge in [-0.1, -0.05) is 18.8 Å². The van der Waals surface area contributed by atoms with Gasteiger partial charge in [0.05, 0.1) is 17.7 Å². The van der Waals surface area contributed by atoms with Gasteiger partial charge in [-0.15, -0.1) is 16.4 Å². The standard InChI is InChI=1S/C31H41N3O5S/c1-20-7-9-21(10-8-20)29(36)34(25-19-24(17-18-31(2,3)4)40-28(25)30(37)38-6)22-11-13-23(14-12-22)39-26-15-16-27(35)33(5)32-26/h15-16,19-23H,7-14H2,1-6H3/t20-,21-,22-,23-. The maximum absolute atomic E-state index is 14.2. The number of carbonyl (C=O) groups is 2. The van der Waals surface area contributed by atoms with Gasteiger partial charge in [-0.2, -0.15) is 0 Å². The summed E-state index contributed by atoms with van der Waals surface area (Å²) in [5, 5.41) is 4.20. The van der Waals surface area contributed by atoms with Crippen LogP contribution in [0.4, 0.5) is 5.69 Å². The number of thiophene rings is 1. The topological polar surface area (TPSA) is 90.7 Å². The number of carbonyl (C=O) groups excluding carboxylic acids is 2. The molecule has 2 fully saturated rings. The molecule has 0 unspecified atom stereocenters. The van der Waals surface area contributed by atoms with E-state index >= 15 is 0 Å². The third kappa shape index (κ3) is 7.34. The number of amides is 1. The van der Waals surface area contributed by atoms with Gasteiger partial charge in [-0.25, -0.2) is 9.48 Å². The van der Waals surface area contributed by atoms with Gasteiger partial charge in [-0.05, 0) is 84.1 Å². The van der Waals surface area contributed by atoms with Crippen molar-refractivity contribution in [3.8, 4) is 17.7 Å². The average molecular weight is 568 g/mol. The van der Waals surface area contributed by atoms with Crippen molar-refractivity contribution in [2.24, 2.45) is 24.3 Å². The van der Waals surface area contributed by atoms with Crippen LogP contribution in [0.15, 0.2) is 23.0 Å². The van der Waals surface area contributed by atoms with Gasteiger partial charge in [0.25, 0.3) is 5.56 Å². The summed E-state index contributed by atoms with van der Waals surface area (Å²) in [6, 6.07) is 4.88. The minimum absolute atomic E-state index is 0.0607. The molecule has 40 heavy (non-hydrogen) atoms. The van der Waals surface area contributed by atoms with Crippen molar-refractivity contribution in [2.45, 2.75) is 91.2 Å². The quantitative estimate of drug-likeness (QED) is 0.335. The van der Waals surface area contributed by atoms with Crippen LogP contribution in [0, 0.1) is 29.1 Å². The molecule has 2 aliphatic rings. The van der Waals surface area contributed by atoms with E-state index < -0.39 is 5.97 Å². The van der Waals surface area contributed by atoms with Crippen LogP contribution >= 0.6 is 11.3 Å². The summed E-state index contributed by atoms with van der Waals surface area (Å²) >= 11 is 1.29. The Bertz CT molecular complexity index is 1330. The Balaban J connectivity index is 1.62. The molecule has 0 N–H and O–H groups in total. The Labute approximate surface area is 241 Å². The normalized spacial score (nSPS) is 23.1. The van der Waals surface area contributed by atoms with Gasteiger partial charge >= 0.3 is 5.97 Å². The van der Waals surface area contributed by atoms with E-state index in [2.05, 4.69) is 23.9 Å². The largest absolute Gasteiger partial charge is 0.473 e. The highest BCUT2D eigenvalue weighted by Crippen LogP contribution is 2.39. The number of methoxy groups -OCH3 is 1. The summed E-state index contributed by atoms with van der Waals surface area (Å²) in [6.45, 7) is 8.37. The summed E-state index contributed by atoms with van der Waals surface area (Å²) in [5.74, 6) is 7.10. The number of hydrogen-bond donors (Lipinski definition) is 0. The summed E-state index contributed by atoms with van der Waals surface area (Å²) in [5.41, 5.74) is 0.233. The molecule has 0 radical (unpaired) electrons. The molecule has 0 saturated heterocycles. The Kier molecular flexibility index (Phi) is 9.40. The molecule has 0 aliphatic heterocycles. The van der Waals surface area contributed by atoms with E-state index in [0.717, 1.165) is 56.2 Å². The lowest BCUT2D eigenvalue weighted by atomic mass is 9.81. The van der Waals surface area contributed by atoms with Crippen LogP contribution in [-0.4, -0.2) is 40.9 Å². The second-order valence-electron chi connectivity index (χ2n) is 12.2. The fourth-order valence-corrected chi connectivity index (χ4v) is 6.37. The van der Waals surface area contributed by atoms with Crippen LogP contribution in [-0.2, 0) is 16.6 Å². The lowest BCUT2D eigenvalue weighted by Gasteiger charge is -2.39. The van der Waals surface area contributed by atoms with Crippen molar-refractivity contribution in [3.05, 3.63) is 38.3 Å². The monoisotopic (exact) mass is 567 g/mol. The molecule has 1 amide bonds. The Morgan fingerprint density at radius 3 is 2.35 bits per heavy atom. The number of nitrogens with zero attached hydrogens (tertiary/aromatic N) is 3. The minimum Gasteiger partial charge on any atom is -0.473 e. The van der Waals surface area contributed by atoms with E-state index in [4.69, 9.17) is 9.47 Å². The first kappa shape index (κ1) is 29.9. The number of ether oxygens (including phenoxy) is 2. The molecule has 2 heterocycles. The van der Waals surface area contributed by atoms with E-state index in [1.54, 1.807) is 13.1 Å². The average Bonchev–Trinajstić information content (AvgIpc) is 3.34. The number of aromatic nitrogens is 2. The van der Waals surface area contributed by atoms with Crippen molar-refractivity contribution in [1.29, 1.82) is 0 Å². The van der Waals surface area contributed by atoms with Crippen LogP contribution in [0.1, 0.15) is 93.6 Å². The predicted molar refractivity (Wildman–Crippen MR) is 157 cm³/mol. The van der Waals surface area contributed by atoms with Crippen molar-refractivity contribution < 1.29 is 19.1 Å². The highest BCUT2D eigenvalue weighted by molar-refractivity contribution is 7.15. The van der Waals surface area contributed by atoms with Crippen LogP contribution in [0.3, 0.4) is 0 Å². The first-order chi connectivity index (χ1) is 18.9. The summed E-state index contributed by atoms with van der Waals surface area (Å²) in [7, 11) is 2.97. The molecule has 9 heteroatoms. The maximum atomic E-state index is 14.2. The number of esters is 1. The second-order valence-corrected chi connectivity index (χ2v) is 13.2. The molecule has 4 rings (SSSR count). The molecule has 0 atom stereocenters. The van der Waals surface area contributed by atoms with Crippen molar-refractivity contribution in [2.75, 3.05) is 12.0 Å². The van der Waals surface area contributed by atoms with Crippen molar-refractivity contribution >= 4 is 28.9 Å². The lowest BCUT2D eigenvalue weighted by Crippen LogP contribution is -2.47. The number of rotatable bonds is 6. The molecule has 2 aliphatic carbocycles. The van der Waals surface area contributed by atoms with Gasteiger partial charge in [0.15, 0.2) is 0 Å². The summed E-state index contributed by atoms with van der Waals surface area (Å²) < 4.78 is 12.5. The van der Waals surface area contributed by atoms with E-state index in [0.29, 0.717) is 22.4 Å². The van der Waals surface area contributed by atoms with E-state index in [-0.39, 0.29) is 34.9 Å². The maximum Gasteiger partial charge on any atom is 0.350 e. The van der Waals surface area contributed by atoms with Gasteiger partial charge in [0.2, 0.25) is 11.8 Å². The summed E-state index contributed by atoms with van der Waals surface area (Å²) in [6.07, 6.45) is 6.65. The number of aryl methyl sites for hydroxylation is 1. The summed E-state index contributed by atoms with van der Waals surface area (Å²) in [4.78, 5) is 41.9.